The molecule has 1 N–H and O–H groups in total. The smallest absolute Gasteiger partial charge is 0.276 e. The van der Waals surface area contributed by atoms with Gasteiger partial charge in [0.1, 0.15) is 5.75 Å². The Morgan fingerprint density at radius 3 is 2.83 bits per heavy atom. The van der Waals surface area contributed by atoms with E-state index in [2.05, 4.69) is 14.8 Å². The average Bonchev–Trinajstić information content (AvgIpc) is 2.60. The number of morpholine rings is 1. The summed E-state index contributed by atoms with van der Waals surface area (Å²) in [6.07, 6.45) is 1.52. The summed E-state index contributed by atoms with van der Waals surface area (Å²) in [5.41, 5.74) is 0.869. The second-order valence-electron chi connectivity index (χ2n) is 5.67. The van der Waals surface area contributed by atoms with Crippen LogP contribution >= 0.6 is 0 Å². The van der Waals surface area contributed by atoms with Crippen molar-refractivity contribution in [3.8, 4) is 5.75 Å². The van der Waals surface area contributed by atoms with Gasteiger partial charge in [0, 0.05) is 37.7 Å². The van der Waals surface area contributed by atoms with Crippen molar-refractivity contribution in [1.82, 2.24) is 9.73 Å². The van der Waals surface area contributed by atoms with Gasteiger partial charge in [-0.15, -0.1) is 0 Å². The zero-order valence-electron chi connectivity index (χ0n) is 13.1. The topological polar surface area (TPSA) is 80.2 Å². The van der Waals surface area contributed by atoms with Crippen LogP contribution < -0.4 is 9.57 Å². The maximum absolute atomic E-state index is 12.3. The zero-order chi connectivity index (χ0) is 16.3. The Hall–Kier alpha value is -1.64. The lowest BCUT2D eigenvalue weighted by atomic mass is 10.00. The summed E-state index contributed by atoms with van der Waals surface area (Å²) in [4.78, 5) is 4.88. The first-order valence-corrected chi connectivity index (χ1v) is 9.10. The van der Waals surface area contributed by atoms with E-state index in [1.54, 1.807) is 12.1 Å². The molecule has 126 valence electrons. The highest BCUT2D eigenvalue weighted by atomic mass is 32.2. The fraction of sp³-hybridized carbons (Fsp3) is 0.533. The number of fused-ring (bicyclic) bond motifs is 1. The maximum atomic E-state index is 12.3. The van der Waals surface area contributed by atoms with Crippen molar-refractivity contribution < 1.29 is 17.9 Å². The first-order chi connectivity index (χ1) is 11.1. The molecule has 1 atom stereocenters. The third-order valence-corrected chi connectivity index (χ3v) is 5.43. The van der Waals surface area contributed by atoms with Gasteiger partial charge in [0.2, 0.25) is 0 Å². The lowest BCUT2D eigenvalue weighted by molar-refractivity contribution is -0.00825. The van der Waals surface area contributed by atoms with Crippen molar-refractivity contribution in [2.45, 2.75) is 23.8 Å². The first-order valence-electron chi connectivity index (χ1n) is 7.61. The summed E-state index contributed by atoms with van der Waals surface area (Å²) >= 11 is 0. The predicted octanol–water partition coefficient (Wildman–Crippen LogP) is 0.824. The van der Waals surface area contributed by atoms with Gasteiger partial charge >= 0.3 is 0 Å². The van der Waals surface area contributed by atoms with Gasteiger partial charge in [-0.25, -0.2) is 4.83 Å². The molecular formula is C15H21N3O4S. The second kappa shape index (κ2) is 6.86. The molecule has 2 heterocycles. The van der Waals surface area contributed by atoms with E-state index >= 15 is 0 Å². The van der Waals surface area contributed by atoms with Crippen LogP contribution in [0.3, 0.4) is 0 Å². The second-order valence-corrected chi connectivity index (χ2v) is 7.33. The molecular weight excluding hydrogens is 318 g/mol. The number of piperidine rings is 1. The molecule has 0 spiro atoms. The van der Waals surface area contributed by atoms with Crippen molar-refractivity contribution in [2.24, 2.45) is 5.10 Å². The number of hydrogen-bond donors (Lipinski definition) is 1. The van der Waals surface area contributed by atoms with Crippen LogP contribution in [-0.4, -0.2) is 58.5 Å². The Morgan fingerprint density at radius 2 is 2.09 bits per heavy atom. The summed E-state index contributed by atoms with van der Waals surface area (Å²) in [6.45, 7) is 3.30. The van der Waals surface area contributed by atoms with Crippen LogP contribution in [0.15, 0.2) is 34.3 Å². The van der Waals surface area contributed by atoms with Crippen LogP contribution in [0.4, 0.5) is 0 Å². The summed E-state index contributed by atoms with van der Waals surface area (Å²) in [6, 6.07) is 6.53. The molecule has 7 nitrogen and oxygen atoms in total. The number of benzene rings is 1. The lowest BCUT2D eigenvalue weighted by Gasteiger charge is -2.39. The van der Waals surface area contributed by atoms with E-state index in [0.29, 0.717) is 18.4 Å². The highest BCUT2D eigenvalue weighted by Crippen LogP contribution is 2.19. The molecule has 0 aliphatic carbocycles. The highest BCUT2D eigenvalue weighted by molar-refractivity contribution is 7.89. The molecule has 1 aromatic rings. The average molecular weight is 339 g/mol. The van der Waals surface area contributed by atoms with E-state index in [0.717, 1.165) is 38.2 Å². The van der Waals surface area contributed by atoms with E-state index in [1.807, 2.05) is 0 Å². The van der Waals surface area contributed by atoms with Crippen molar-refractivity contribution in [3.05, 3.63) is 24.3 Å². The molecule has 0 saturated carbocycles. The minimum Gasteiger partial charge on any atom is -0.497 e. The van der Waals surface area contributed by atoms with Gasteiger partial charge in [-0.05, 0) is 24.3 Å². The van der Waals surface area contributed by atoms with Crippen molar-refractivity contribution >= 4 is 15.7 Å². The molecule has 1 aromatic carbocycles. The van der Waals surface area contributed by atoms with Gasteiger partial charge in [-0.3, -0.25) is 4.90 Å². The van der Waals surface area contributed by atoms with Crippen LogP contribution in [0.1, 0.15) is 12.8 Å². The molecule has 2 fully saturated rings. The number of nitrogens with zero attached hydrogens (tertiary/aromatic N) is 2. The number of sulfonamides is 1. The van der Waals surface area contributed by atoms with Crippen molar-refractivity contribution in [3.63, 3.8) is 0 Å². The van der Waals surface area contributed by atoms with Crippen LogP contribution in [0.2, 0.25) is 0 Å². The third kappa shape index (κ3) is 3.82. The highest BCUT2D eigenvalue weighted by Gasteiger charge is 2.28. The maximum Gasteiger partial charge on any atom is 0.276 e. The van der Waals surface area contributed by atoms with E-state index < -0.39 is 10.0 Å². The number of hydrazone groups is 1. The van der Waals surface area contributed by atoms with E-state index in [-0.39, 0.29) is 4.90 Å². The summed E-state index contributed by atoms with van der Waals surface area (Å²) in [7, 11) is -2.12. The number of methoxy groups -OCH3 is 1. The van der Waals surface area contributed by atoms with E-state index in [4.69, 9.17) is 9.47 Å². The minimum absolute atomic E-state index is 0.168. The Labute approximate surface area is 136 Å². The number of ether oxygens (including phenoxy) is 2. The molecule has 0 radical (unpaired) electrons. The Bertz CT molecular complexity index is 672. The molecule has 2 aliphatic rings. The zero-order valence-corrected chi connectivity index (χ0v) is 13.9. The molecule has 2 aliphatic heterocycles. The van der Waals surface area contributed by atoms with E-state index in [1.165, 1.54) is 19.2 Å². The van der Waals surface area contributed by atoms with Crippen molar-refractivity contribution in [2.75, 3.05) is 33.4 Å². The van der Waals surface area contributed by atoms with Crippen LogP contribution in [-0.2, 0) is 14.8 Å². The molecule has 0 aromatic heterocycles. The lowest BCUT2D eigenvalue weighted by Crippen LogP contribution is -2.50. The van der Waals surface area contributed by atoms with Crippen LogP contribution in [0.5, 0.6) is 5.75 Å². The monoisotopic (exact) mass is 339 g/mol. The number of hydrogen-bond acceptors (Lipinski definition) is 6. The number of rotatable bonds is 4. The fourth-order valence-electron chi connectivity index (χ4n) is 2.85. The summed E-state index contributed by atoms with van der Waals surface area (Å²) < 4.78 is 35.0. The third-order valence-electron chi connectivity index (χ3n) is 4.20. The molecule has 3 rings (SSSR count). The molecule has 23 heavy (non-hydrogen) atoms. The van der Waals surface area contributed by atoms with Gasteiger partial charge in [-0.2, -0.15) is 13.5 Å². The quantitative estimate of drug-likeness (QED) is 0.822. The molecule has 8 heteroatoms. The van der Waals surface area contributed by atoms with Gasteiger partial charge < -0.3 is 9.47 Å². The fourth-order valence-corrected chi connectivity index (χ4v) is 3.70. The Balaban J connectivity index is 1.65. The van der Waals surface area contributed by atoms with Gasteiger partial charge in [-0.1, -0.05) is 0 Å². The molecule has 2 saturated heterocycles. The molecule has 0 unspecified atom stereocenters. The number of nitrogens with one attached hydrogen (secondary N) is 1. The van der Waals surface area contributed by atoms with Gasteiger partial charge in [0.25, 0.3) is 10.0 Å². The van der Waals surface area contributed by atoms with E-state index in [9.17, 15) is 8.42 Å². The molecule has 0 amide bonds. The Morgan fingerprint density at radius 1 is 1.30 bits per heavy atom. The molecule has 0 bridgehead atoms. The largest absolute Gasteiger partial charge is 0.497 e. The Kier molecular flexibility index (Phi) is 4.84. The SMILES string of the molecule is COc1ccc(S(=O)(=O)N/N=C2\CCN3CCOC[C@@H]3C2)cc1. The van der Waals surface area contributed by atoms with Crippen LogP contribution in [0, 0.1) is 0 Å². The van der Waals surface area contributed by atoms with Crippen LogP contribution in [0.25, 0.3) is 0 Å². The summed E-state index contributed by atoms with van der Waals surface area (Å²) in [5, 5.41) is 4.13. The predicted molar refractivity (Wildman–Crippen MR) is 86.2 cm³/mol. The minimum atomic E-state index is -3.65. The van der Waals surface area contributed by atoms with Gasteiger partial charge in [0.15, 0.2) is 0 Å². The first kappa shape index (κ1) is 16.2. The summed E-state index contributed by atoms with van der Waals surface area (Å²) in [5.74, 6) is 0.611. The normalized spacial score (nSPS) is 24.2. The van der Waals surface area contributed by atoms with Gasteiger partial charge in [0.05, 0.1) is 25.2 Å². The standard InChI is InChI=1S/C15H21N3O4S/c1-21-14-2-4-15(5-3-14)23(19,20)17-16-12-6-7-18-8-9-22-11-13(18)10-12/h2-5,13,17H,6-11H2,1H3/b16-12+/t13-/m0/s1. The van der Waals surface area contributed by atoms with Crippen molar-refractivity contribution in [1.29, 1.82) is 0 Å².